The molecule has 0 saturated heterocycles. The maximum Gasteiger partial charge on any atom is 0.426 e. The van der Waals surface area contributed by atoms with Gasteiger partial charge in [-0.05, 0) is 41.5 Å². The van der Waals surface area contributed by atoms with Gasteiger partial charge >= 0.3 is 18.3 Å². The van der Waals surface area contributed by atoms with Crippen molar-refractivity contribution < 1.29 is 40.3 Å². The summed E-state index contributed by atoms with van der Waals surface area (Å²) in [6, 6.07) is 12.5. The minimum atomic E-state index is -5.01. The Hall–Kier alpha value is -3.18. The van der Waals surface area contributed by atoms with Crippen LogP contribution in [0.4, 0.5) is 30.7 Å². The highest BCUT2D eigenvalue weighted by Crippen LogP contribution is 2.38. The lowest BCUT2D eigenvalue weighted by Crippen LogP contribution is -2.52. The van der Waals surface area contributed by atoms with Crippen LogP contribution in [-0.2, 0) is 27.7 Å². The molecule has 0 radical (unpaired) electrons. The van der Waals surface area contributed by atoms with Crippen molar-refractivity contribution >= 4 is 17.6 Å². The molecule has 0 aliphatic rings. The van der Waals surface area contributed by atoms with Crippen molar-refractivity contribution in [3.8, 4) is 0 Å². The van der Waals surface area contributed by atoms with Crippen molar-refractivity contribution in [1.82, 2.24) is 10.3 Å². The van der Waals surface area contributed by atoms with Gasteiger partial charge in [0.15, 0.2) is 0 Å². The maximum atomic E-state index is 14.5. The van der Waals surface area contributed by atoms with Crippen molar-refractivity contribution in [2.24, 2.45) is 0 Å². The number of carbonyl (C=O) groups is 1. The summed E-state index contributed by atoms with van der Waals surface area (Å²) in [6.45, 7) is -0.281. The number of hydrogen-bond acceptors (Lipinski definition) is 4. The van der Waals surface area contributed by atoms with Gasteiger partial charge in [0.2, 0.25) is 6.10 Å². The highest BCUT2D eigenvalue weighted by atomic mass is 35.5. The minimum Gasteiger partial charge on any atom is -0.451 e. The number of halogens is 8. The Morgan fingerprint density at radius 3 is 2.19 bits per heavy atom. The molecule has 1 heterocycles. The van der Waals surface area contributed by atoms with Gasteiger partial charge in [-0.3, -0.25) is 15.1 Å². The molecule has 37 heavy (non-hydrogen) atoms. The quantitative estimate of drug-likeness (QED) is 0.259. The van der Waals surface area contributed by atoms with Gasteiger partial charge in [-0.1, -0.05) is 41.9 Å². The van der Waals surface area contributed by atoms with Gasteiger partial charge in [-0.15, -0.1) is 0 Å². The Morgan fingerprint density at radius 2 is 1.65 bits per heavy atom. The standard InChI is InChI=1S/C25H20ClF7N2O2/c1-15(36)37-22(25(31,32)33)14-35-23(12-16-5-3-2-4-6-16,21-8-7-19(26)13-34-21)17-9-18(24(28,29)30)11-20(27)10-17/h2-11,13,22,35H,12,14H2,1H3/t22?,23-/m0/s1. The summed E-state index contributed by atoms with van der Waals surface area (Å²) in [7, 11) is 0. The first-order valence-corrected chi connectivity index (χ1v) is 11.1. The third kappa shape index (κ3) is 7.20. The van der Waals surface area contributed by atoms with Crippen molar-refractivity contribution in [2.75, 3.05) is 6.54 Å². The van der Waals surface area contributed by atoms with E-state index in [4.69, 9.17) is 11.6 Å². The topological polar surface area (TPSA) is 51.2 Å². The second kappa shape index (κ2) is 11.1. The molecule has 3 rings (SSSR count). The first-order chi connectivity index (χ1) is 17.2. The van der Waals surface area contributed by atoms with Crippen LogP contribution in [0.5, 0.6) is 0 Å². The van der Waals surface area contributed by atoms with E-state index in [1.807, 2.05) is 0 Å². The number of ether oxygens (including phenoxy) is 1. The lowest BCUT2D eigenvalue weighted by molar-refractivity contribution is -0.219. The van der Waals surface area contributed by atoms with Crippen LogP contribution in [0.25, 0.3) is 0 Å². The van der Waals surface area contributed by atoms with Crippen LogP contribution < -0.4 is 5.32 Å². The van der Waals surface area contributed by atoms with E-state index in [-0.39, 0.29) is 28.8 Å². The van der Waals surface area contributed by atoms with Crippen LogP contribution in [0.3, 0.4) is 0 Å². The number of carbonyl (C=O) groups excluding carboxylic acids is 1. The third-order valence-electron chi connectivity index (χ3n) is 5.46. The zero-order chi connectivity index (χ0) is 27.4. The summed E-state index contributed by atoms with van der Waals surface area (Å²) in [6.07, 6.45) is -11.7. The number of aromatic nitrogens is 1. The van der Waals surface area contributed by atoms with Crippen LogP contribution in [-0.4, -0.2) is 29.8 Å². The Labute approximate surface area is 212 Å². The van der Waals surface area contributed by atoms with Gasteiger partial charge in [0.25, 0.3) is 0 Å². The largest absolute Gasteiger partial charge is 0.451 e. The smallest absolute Gasteiger partial charge is 0.426 e. The van der Waals surface area contributed by atoms with Crippen molar-refractivity contribution in [1.29, 1.82) is 0 Å². The second-order valence-electron chi connectivity index (χ2n) is 8.18. The van der Waals surface area contributed by atoms with E-state index >= 15 is 0 Å². The zero-order valence-electron chi connectivity index (χ0n) is 19.1. The predicted molar refractivity (Wildman–Crippen MR) is 121 cm³/mol. The first kappa shape index (κ1) is 28.4. The number of benzene rings is 2. The molecule has 198 valence electrons. The SMILES string of the molecule is CC(=O)OC(CN[C@@](Cc1ccccc1)(c1cc(F)cc(C(F)(F)F)c1)c1ccc(Cl)cn1)C(F)(F)F. The van der Waals surface area contributed by atoms with Crippen LogP contribution in [0.2, 0.25) is 5.02 Å². The molecule has 0 fully saturated rings. The molecule has 12 heteroatoms. The summed E-state index contributed by atoms with van der Waals surface area (Å²) >= 11 is 5.92. The number of pyridine rings is 1. The number of esters is 1. The fraction of sp³-hybridized carbons (Fsp3) is 0.280. The molecule has 3 aromatic rings. The molecule has 0 aliphatic heterocycles. The summed E-state index contributed by atoms with van der Waals surface area (Å²) < 4.78 is 101. The van der Waals surface area contributed by atoms with Crippen molar-refractivity contribution in [2.45, 2.75) is 37.3 Å². The molecular weight excluding hydrogens is 529 g/mol. The summed E-state index contributed by atoms with van der Waals surface area (Å²) in [5.41, 5.74) is -3.17. The molecule has 0 bridgehead atoms. The van der Waals surface area contributed by atoms with Crippen molar-refractivity contribution in [3.05, 3.63) is 100 Å². The summed E-state index contributed by atoms with van der Waals surface area (Å²) in [5, 5.41) is 2.77. The molecular formula is C25H20ClF7N2O2. The van der Waals surface area contributed by atoms with Gasteiger partial charge in [-0.25, -0.2) is 4.39 Å². The van der Waals surface area contributed by atoms with Crippen LogP contribution in [0, 0.1) is 5.82 Å². The number of hydrogen-bond donors (Lipinski definition) is 1. The average Bonchev–Trinajstić information content (AvgIpc) is 2.80. The highest BCUT2D eigenvalue weighted by Gasteiger charge is 2.46. The van der Waals surface area contributed by atoms with Crippen LogP contribution >= 0.6 is 11.6 Å². The van der Waals surface area contributed by atoms with E-state index in [0.29, 0.717) is 11.6 Å². The normalized spacial score (nSPS) is 14.6. The second-order valence-corrected chi connectivity index (χ2v) is 8.61. The molecule has 0 aliphatic carbocycles. The number of nitrogens with zero attached hydrogens (tertiary/aromatic N) is 1. The summed E-state index contributed by atoms with van der Waals surface area (Å²) in [5.74, 6) is -2.47. The average molecular weight is 549 g/mol. The maximum absolute atomic E-state index is 14.5. The Balaban J connectivity index is 2.27. The Kier molecular flexibility index (Phi) is 8.49. The van der Waals surface area contributed by atoms with E-state index in [0.717, 1.165) is 19.2 Å². The van der Waals surface area contributed by atoms with Gasteiger partial charge in [0.1, 0.15) is 5.82 Å². The Morgan fingerprint density at radius 1 is 1.00 bits per heavy atom. The van der Waals surface area contributed by atoms with E-state index in [1.54, 1.807) is 30.3 Å². The molecule has 0 amide bonds. The number of rotatable bonds is 8. The predicted octanol–water partition coefficient (Wildman–Crippen LogP) is 6.46. The van der Waals surface area contributed by atoms with E-state index in [2.05, 4.69) is 15.0 Å². The number of alkyl halides is 6. The van der Waals surface area contributed by atoms with Crippen LogP contribution in [0.15, 0.2) is 66.9 Å². The molecule has 0 spiro atoms. The van der Waals surface area contributed by atoms with Crippen molar-refractivity contribution in [3.63, 3.8) is 0 Å². The van der Waals surface area contributed by atoms with Crippen LogP contribution in [0.1, 0.15) is 29.3 Å². The molecule has 2 aromatic carbocycles. The number of nitrogens with one attached hydrogen (secondary N) is 1. The molecule has 1 N–H and O–H groups in total. The van der Waals surface area contributed by atoms with E-state index < -0.39 is 47.9 Å². The highest BCUT2D eigenvalue weighted by molar-refractivity contribution is 6.30. The van der Waals surface area contributed by atoms with E-state index in [9.17, 15) is 35.5 Å². The fourth-order valence-corrected chi connectivity index (χ4v) is 3.93. The molecule has 2 atom stereocenters. The first-order valence-electron chi connectivity index (χ1n) is 10.7. The zero-order valence-corrected chi connectivity index (χ0v) is 19.9. The van der Waals surface area contributed by atoms with Gasteiger partial charge in [-0.2, -0.15) is 26.3 Å². The molecule has 0 saturated carbocycles. The fourth-order valence-electron chi connectivity index (χ4n) is 3.82. The monoisotopic (exact) mass is 548 g/mol. The third-order valence-corrected chi connectivity index (χ3v) is 5.68. The minimum absolute atomic E-state index is 0.0387. The lowest BCUT2D eigenvalue weighted by atomic mass is 9.79. The van der Waals surface area contributed by atoms with Gasteiger partial charge < -0.3 is 4.74 Å². The van der Waals surface area contributed by atoms with Gasteiger partial charge in [0, 0.05) is 26.1 Å². The lowest BCUT2D eigenvalue weighted by Gasteiger charge is -2.37. The molecule has 1 unspecified atom stereocenters. The van der Waals surface area contributed by atoms with Gasteiger partial charge in [0.05, 0.1) is 21.8 Å². The molecule has 1 aromatic heterocycles. The molecule has 4 nitrogen and oxygen atoms in total. The van der Waals surface area contributed by atoms with E-state index in [1.165, 1.54) is 12.1 Å². The Bertz CT molecular complexity index is 1220. The summed E-state index contributed by atoms with van der Waals surface area (Å²) in [4.78, 5) is 15.5.